The molecule has 2 aromatic rings. The van der Waals surface area contributed by atoms with Crippen LogP contribution in [0.15, 0.2) is 24.4 Å². The Morgan fingerprint density at radius 3 is 2.55 bits per heavy atom. The van der Waals surface area contributed by atoms with Crippen molar-refractivity contribution in [2.24, 2.45) is 0 Å². The number of halogens is 2. The quantitative estimate of drug-likeness (QED) is 0.911. The first-order chi connectivity index (χ1) is 9.51. The van der Waals surface area contributed by atoms with Gasteiger partial charge in [0.15, 0.2) is 0 Å². The number of carbonyl (C=O) groups excluding carboxylic acids is 1. The molecule has 1 amide bonds. The van der Waals surface area contributed by atoms with E-state index in [-0.39, 0.29) is 23.1 Å². The van der Waals surface area contributed by atoms with Crippen molar-refractivity contribution in [2.75, 3.05) is 5.32 Å². The van der Waals surface area contributed by atoms with Crippen LogP contribution in [-0.2, 0) is 4.79 Å². The highest BCUT2D eigenvalue weighted by molar-refractivity contribution is 5.86. The summed E-state index contributed by atoms with van der Waals surface area (Å²) in [6, 6.07) is 4.88. The van der Waals surface area contributed by atoms with Crippen LogP contribution in [0.2, 0.25) is 0 Å². The van der Waals surface area contributed by atoms with Crippen LogP contribution >= 0.6 is 0 Å². The van der Waals surface area contributed by atoms with Gasteiger partial charge in [-0.3, -0.25) is 10.1 Å². The number of nitriles is 1. The molecule has 7 heteroatoms. The Hall–Kier alpha value is -2.88. The Balaban J connectivity index is 2.47. The molecule has 1 aromatic heterocycles. The van der Waals surface area contributed by atoms with Crippen molar-refractivity contribution in [1.82, 2.24) is 9.97 Å². The van der Waals surface area contributed by atoms with E-state index in [9.17, 15) is 13.6 Å². The van der Waals surface area contributed by atoms with Gasteiger partial charge in [0.1, 0.15) is 23.3 Å². The summed E-state index contributed by atoms with van der Waals surface area (Å²) < 4.78 is 27.1. The number of carbonyl (C=O) groups is 1. The monoisotopic (exact) mass is 274 g/mol. The van der Waals surface area contributed by atoms with E-state index in [1.165, 1.54) is 25.3 Å². The molecule has 1 aromatic carbocycles. The standard InChI is InChI=1S/C13H8F2N4O/c1-7(20)18-13-17-3-2-12(19-13)8-4-10(14)9(6-16)11(15)5-8/h2-5H,1H3,(H,17,18,19,20). The average molecular weight is 274 g/mol. The fourth-order valence-electron chi connectivity index (χ4n) is 1.56. The molecule has 0 spiro atoms. The lowest BCUT2D eigenvalue weighted by Gasteiger charge is -2.05. The Kier molecular flexibility index (Phi) is 3.66. The fourth-order valence-corrected chi connectivity index (χ4v) is 1.56. The molecule has 1 N–H and O–H groups in total. The zero-order valence-corrected chi connectivity index (χ0v) is 10.3. The van der Waals surface area contributed by atoms with Gasteiger partial charge in [0, 0.05) is 18.7 Å². The van der Waals surface area contributed by atoms with Crippen molar-refractivity contribution in [3.63, 3.8) is 0 Å². The van der Waals surface area contributed by atoms with E-state index in [0.29, 0.717) is 0 Å². The maximum atomic E-state index is 13.5. The largest absolute Gasteiger partial charge is 0.295 e. The minimum Gasteiger partial charge on any atom is -0.295 e. The van der Waals surface area contributed by atoms with Crippen molar-refractivity contribution < 1.29 is 13.6 Å². The maximum absolute atomic E-state index is 13.5. The molecule has 0 radical (unpaired) electrons. The van der Waals surface area contributed by atoms with E-state index in [1.807, 2.05) is 0 Å². The lowest BCUT2D eigenvalue weighted by Crippen LogP contribution is -2.09. The molecule has 1 heterocycles. The number of hydrogen-bond donors (Lipinski definition) is 1. The molecule has 20 heavy (non-hydrogen) atoms. The van der Waals surface area contributed by atoms with E-state index in [1.54, 1.807) is 0 Å². The van der Waals surface area contributed by atoms with Crippen LogP contribution in [0.5, 0.6) is 0 Å². The number of amides is 1. The van der Waals surface area contributed by atoms with Gasteiger partial charge in [0.25, 0.3) is 0 Å². The number of nitrogens with zero attached hydrogens (tertiary/aromatic N) is 3. The minimum absolute atomic E-state index is 0.0279. The SMILES string of the molecule is CC(=O)Nc1nccc(-c2cc(F)c(C#N)c(F)c2)n1. The molecule has 0 saturated heterocycles. The first kappa shape index (κ1) is 13.5. The average Bonchev–Trinajstić information content (AvgIpc) is 2.38. The first-order valence-corrected chi connectivity index (χ1v) is 5.51. The van der Waals surface area contributed by atoms with Gasteiger partial charge >= 0.3 is 0 Å². The van der Waals surface area contributed by atoms with Crippen molar-refractivity contribution in [3.8, 4) is 17.3 Å². The molecule has 100 valence electrons. The van der Waals surface area contributed by atoms with Crippen LogP contribution in [0.4, 0.5) is 14.7 Å². The van der Waals surface area contributed by atoms with Gasteiger partial charge in [-0.05, 0) is 18.2 Å². The third kappa shape index (κ3) is 2.75. The van der Waals surface area contributed by atoms with Gasteiger partial charge in [0.05, 0.1) is 5.69 Å². The smallest absolute Gasteiger partial charge is 0.229 e. The number of nitrogens with one attached hydrogen (secondary N) is 1. The second-order valence-corrected chi connectivity index (χ2v) is 3.87. The molecule has 0 bridgehead atoms. The van der Waals surface area contributed by atoms with Gasteiger partial charge in [0.2, 0.25) is 11.9 Å². The molecular weight excluding hydrogens is 266 g/mol. The molecule has 0 aliphatic rings. The molecular formula is C13H8F2N4O. The highest BCUT2D eigenvalue weighted by Crippen LogP contribution is 2.23. The van der Waals surface area contributed by atoms with E-state index in [0.717, 1.165) is 12.1 Å². The van der Waals surface area contributed by atoms with Gasteiger partial charge < -0.3 is 0 Å². The van der Waals surface area contributed by atoms with E-state index in [2.05, 4.69) is 15.3 Å². The zero-order valence-electron chi connectivity index (χ0n) is 10.3. The number of anilines is 1. The molecule has 0 aliphatic heterocycles. The van der Waals surface area contributed by atoms with Gasteiger partial charge in [-0.1, -0.05) is 0 Å². The Morgan fingerprint density at radius 2 is 2.00 bits per heavy atom. The van der Waals surface area contributed by atoms with Crippen molar-refractivity contribution >= 4 is 11.9 Å². The van der Waals surface area contributed by atoms with Crippen LogP contribution in [0, 0.1) is 23.0 Å². The third-order valence-electron chi connectivity index (χ3n) is 2.39. The van der Waals surface area contributed by atoms with Crippen LogP contribution in [0.1, 0.15) is 12.5 Å². The fraction of sp³-hybridized carbons (Fsp3) is 0.0769. The Labute approximate surface area is 112 Å². The molecule has 0 aliphatic carbocycles. The van der Waals surface area contributed by atoms with E-state index < -0.39 is 17.2 Å². The highest BCUT2D eigenvalue weighted by atomic mass is 19.1. The number of aromatic nitrogens is 2. The summed E-state index contributed by atoms with van der Waals surface area (Å²) in [4.78, 5) is 18.7. The topological polar surface area (TPSA) is 78.7 Å². The summed E-state index contributed by atoms with van der Waals surface area (Å²) in [7, 11) is 0. The zero-order chi connectivity index (χ0) is 14.7. The lowest BCUT2D eigenvalue weighted by atomic mass is 10.1. The van der Waals surface area contributed by atoms with Crippen LogP contribution in [0.3, 0.4) is 0 Å². The second-order valence-electron chi connectivity index (χ2n) is 3.87. The summed E-state index contributed by atoms with van der Waals surface area (Å²) in [6.45, 7) is 1.29. The van der Waals surface area contributed by atoms with Crippen LogP contribution in [-0.4, -0.2) is 15.9 Å². The predicted molar refractivity (Wildman–Crippen MR) is 66.4 cm³/mol. The molecule has 0 unspecified atom stereocenters. The Morgan fingerprint density at radius 1 is 1.35 bits per heavy atom. The summed E-state index contributed by atoms with van der Waals surface area (Å²) in [5.74, 6) is -2.27. The summed E-state index contributed by atoms with van der Waals surface area (Å²) >= 11 is 0. The van der Waals surface area contributed by atoms with Crippen molar-refractivity contribution in [2.45, 2.75) is 6.92 Å². The summed E-state index contributed by atoms with van der Waals surface area (Å²) in [6.07, 6.45) is 1.35. The second kappa shape index (κ2) is 5.40. The van der Waals surface area contributed by atoms with Crippen LogP contribution in [0.25, 0.3) is 11.3 Å². The van der Waals surface area contributed by atoms with Gasteiger partial charge in [-0.25, -0.2) is 18.7 Å². The minimum atomic E-state index is -0.970. The highest BCUT2D eigenvalue weighted by Gasteiger charge is 2.13. The predicted octanol–water partition coefficient (Wildman–Crippen LogP) is 2.25. The number of hydrogen-bond acceptors (Lipinski definition) is 4. The number of benzene rings is 1. The normalized spacial score (nSPS) is 9.90. The van der Waals surface area contributed by atoms with E-state index >= 15 is 0 Å². The Bertz CT molecular complexity index is 702. The summed E-state index contributed by atoms with van der Waals surface area (Å²) in [5, 5.41) is 11.0. The number of rotatable bonds is 2. The first-order valence-electron chi connectivity index (χ1n) is 5.51. The lowest BCUT2D eigenvalue weighted by molar-refractivity contribution is -0.114. The van der Waals surface area contributed by atoms with Crippen LogP contribution < -0.4 is 5.32 Å². The molecule has 0 saturated carbocycles. The molecule has 0 atom stereocenters. The maximum Gasteiger partial charge on any atom is 0.229 e. The third-order valence-corrected chi connectivity index (χ3v) is 2.39. The van der Waals surface area contributed by atoms with Gasteiger partial charge in [-0.15, -0.1) is 0 Å². The molecule has 0 fully saturated rings. The van der Waals surface area contributed by atoms with E-state index in [4.69, 9.17) is 5.26 Å². The van der Waals surface area contributed by atoms with Gasteiger partial charge in [-0.2, -0.15) is 5.26 Å². The van der Waals surface area contributed by atoms with Crippen molar-refractivity contribution in [3.05, 3.63) is 41.6 Å². The van der Waals surface area contributed by atoms with Crippen molar-refractivity contribution in [1.29, 1.82) is 5.26 Å². The molecule has 2 rings (SSSR count). The summed E-state index contributed by atoms with van der Waals surface area (Å²) in [5.41, 5.74) is -0.274. The molecule has 5 nitrogen and oxygen atoms in total.